The normalized spacial score (nSPS) is 12.5. The number of aromatic nitrogens is 2. The zero-order valence-corrected chi connectivity index (χ0v) is 9.11. The van der Waals surface area contributed by atoms with Crippen molar-refractivity contribution in [1.82, 2.24) is 9.97 Å². The Morgan fingerprint density at radius 1 is 1.46 bits per heavy atom. The van der Waals surface area contributed by atoms with Gasteiger partial charge in [-0.05, 0) is 22.9 Å². The van der Waals surface area contributed by atoms with Gasteiger partial charge in [0, 0.05) is 19.5 Å². The van der Waals surface area contributed by atoms with Gasteiger partial charge in [0.05, 0.1) is 11.1 Å². The van der Waals surface area contributed by atoms with Crippen LogP contribution in [0.15, 0.2) is 16.9 Å². The molecule has 0 radical (unpaired) electrons. The lowest BCUT2D eigenvalue weighted by Gasteiger charge is -2.10. The Bertz CT molecular complexity index is 253. The average molecular weight is 247 g/mol. The maximum atomic E-state index is 5.34. The Labute approximate surface area is 85.4 Å². The van der Waals surface area contributed by atoms with Gasteiger partial charge >= 0.3 is 6.01 Å². The summed E-state index contributed by atoms with van der Waals surface area (Å²) in [5.41, 5.74) is 0. The first-order valence-corrected chi connectivity index (χ1v) is 4.65. The molecule has 72 valence electrons. The fourth-order valence-corrected chi connectivity index (χ4v) is 1.01. The van der Waals surface area contributed by atoms with E-state index in [1.54, 1.807) is 19.5 Å². The summed E-state index contributed by atoms with van der Waals surface area (Å²) in [6.45, 7) is 2.42. The molecule has 0 saturated carbocycles. The predicted octanol–water partition coefficient (Wildman–Crippen LogP) is 1.65. The zero-order valence-electron chi connectivity index (χ0n) is 7.53. The van der Waals surface area contributed by atoms with Crippen LogP contribution < -0.4 is 4.74 Å². The van der Waals surface area contributed by atoms with Crippen molar-refractivity contribution in [3.05, 3.63) is 16.9 Å². The zero-order chi connectivity index (χ0) is 9.68. The molecule has 1 aromatic rings. The highest BCUT2D eigenvalue weighted by atomic mass is 79.9. The van der Waals surface area contributed by atoms with Crippen LogP contribution in [0.4, 0.5) is 0 Å². The molecule has 1 atom stereocenters. The first kappa shape index (κ1) is 10.4. The molecule has 0 N–H and O–H groups in total. The lowest BCUT2D eigenvalue weighted by Crippen LogP contribution is -2.19. The number of hydrogen-bond donors (Lipinski definition) is 0. The molecule has 0 fully saturated rings. The molecule has 0 aromatic carbocycles. The van der Waals surface area contributed by atoms with E-state index in [0.29, 0.717) is 12.6 Å². The molecule has 13 heavy (non-hydrogen) atoms. The highest BCUT2D eigenvalue weighted by molar-refractivity contribution is 9.10. The Balaban J connectivity index is 2.49. The second-order valence-electron chi connectivity index (χ2n) is 2.57. The maximum absolute atomic E-state index is 5.34. The third-order valence-electron chi connectivity index (χ3n) is 1.30. The topological polar surface area (TPSA) is 44.2 Å². The third kappa shape index (κ3) is 3.69. The van der Waals surface area contributed by atoms with E-state index >= 15 is 0 Å². The van der Waals surface area contributed by atoms with Crippen LogP contribution in [-0.2, 0) is 4.74 Å². The number of hydrogen-bond acceptors (Lipinski definition) is 4. The van der Waals surface area contributed by atoms with Crippen molar-refractivity contribution in [1.29, 1.82) is 0 Å². The first-order chi connectivity index (χ1) is 6.22. The van der Waals surface area contributed by atoms with Crippen LogP contribution in [0.1, 0.15) is 6.92 Å². The van der Waals surface area contributed by atoms with Gasteiger partial charge in [-0.2, -0.15) is 0 Å². The van der Waals surface area contributed by atoms with E-state index in [9.17, 15) is 0 Å². The Morgan fingerprint density at radius 2 is 2.08 bits per heavy atom. The van der Waals surface area contributed by atoms with Crippen LogP contribution in [0, 0.1) is 0 Å². The molecule has 0 aliphatic rings. The molecule has 5 heteroatoms. The number of halogens is 1. The van der Waals surface area contributed by atoms with Gasteiger partial charge in [-0.1, -0.05) is 0 Å². The van der Waals surface area contributed by atoms with Gasteiger partial charge in [-0.15, -0.1) is 0 Å². The van der Waals surface area contributed by atoms with E-state index in [-0.39, 0.29) is 6.10 Å². The van der Waals surface area contributed by atoms with E-state index < -0.39 is 0 Å². The second-order valence-corrected chi connectivity index (χ2v) is 3.48. The second kappa shape index (κ2) is 5.14. The van der Waals surface area contributed by atoms with Gasteiger partial charge in [0.1, 0.15) is 6.10 Å². The summed E-state index contributed by atoms with van der Waals surface area (Å²) in [6, 6.07) is 0.368. The molecule has 0 amide bonds. The van der Waals surface area contributed by atoms with Crippen molar-refractivity contribution < 1.29 is 9.47 Å². The van der Waals surface area contributed by atoms with Crippen molar-refractivity contribution >= 4 is 15.9 Å². The summed E-state index contributed by atoms with van der Waals surface area (Å²) >= 11 is 3.24. The molecule has 1 rings (SSSR count). The largest absolute Gasteiger partial charge is 0.458 e. The van der Waals surface area contributed by atoms with Gasteiger partial charge in [-0.25, -0.2) is 9.97 Å². The standard InChI is InChI=1S/C8H11BrN2O2/c1-6(5-12-2)13-8-10-3-7(9)4-11-8/h3-4,6H,5H2,1-2H3. The third-order valence-corrected chi connectivity index (χ3v) is 1.71. The summed E-state index contributed by atoms with van der Waals surface area (Å²) in [5.74, 6) is 0. The van der Waals surface area contributed by atoms with Gasteiger partial charge in [0.25, 0.3) is 0 Å². The highest BCUT2D eigenvalue weighted by Crippen LogP contribution is 2.09. The van der Waals surface area contributed by atoms with Crippen LogP contribution in [0.3, 0.4) is 0 Å². The number of rotatable bonds is 4. The molecular formula is C8H11BrN2O2. The van der Waals surface area contributed by atoms with E-state index in [4.69, 9.17) is 9.47 Å². The molecule has 1 aromatic heterocycles. The van der Waals surface area contributed by atoms with Crippen molar-refractivity contribution in [2.24, 2.45) is 0 Å². The summed E-state index contributed by atoms with van der Waals surface area (Å²) in [7, 11) is 1.63. The SMILES string of the molecule is COCC(C)Oc1ncc(Br)cn1. The Kier molecular flexibility index (Phi) is 4.11. The van der Waals surface area contributed by atoms with Crippen LogP contribution >= 0.6 is 15.9 Å². The van der Waals surface area contributed by atoms with E-state index in [1.807, 2.05) is 6.92 Å². The molecule has 1 heterocycles. The minimum absolute atomic E-state index is 0.0359. The molecule has 0 bridgehead atoms. The molecule has 1 unspecified atom stereocenters. The average Bonchev–Trinajstić information content (AvgIpc) is 2.09. The van der Waals surface area contributed by atoms with Gasteiger partial charge < -0.3 is 9.47 Å². The van der Waals surface area contributed by atoms with Gasteiger partial charge in [0.15, 0.2) is 0 Å². The molecule has 0 saturated heterocycles. The van der Waals surface area contributed by atoms with Crippen LogP contribution in [-0.4, -0.2) is 29.8 Å². The van der Waals surface area contributed by atoms with Crippen LogP contribution in [0.25, 0.3) is 0 Å². The molecule has 4 nitrogen and oxygen atoms in total. The minimum atomic E-state index is -0.0359. The lowest BCUT2D eigenvalue weighted by atomic mass is 10.4. The summed E-state index contributed by atoms with van der Waals surface area (Å²) in [6.07, 6.45) is 3.25. The smallest absolute Gasteiger partial charge is 0.316 e. The lowest BCUT2D eigenvalue weighted by molar-refractivity contribution is 0.0855. The Hall–Kier alpha value is -0.680. The number of ether oxygens (including phenoxy) is 2. The van der Waals surface area contributed by atoms with E-state index in [0.717, 1.165) is 4.47 Å². The van der Waals surface area contributed by atoms with Crippen LogP contribution in [0.5, 0.6) is 6.01 Å². The molecule has 0 aliphatic heterocycles. The van der Waals surface area contributed by atoms with Crippen molar-refractivity contribution in [2.75, 3.05) is 13.7 Å². The predicted molar refractivity (Wildman–Crippen MR) is 51.7 cm³/mol. The molecule has 0 spiro atoms. The fourth-order valence-electron chi connectivity index (χ4n) is 0.810. The minimum Gasteiger partial charge on any atom is -0.458 e. The quantitative estimate of drug-likeness (QED) is 0.811. The van der Waals surface area contributed by atoms with Crippen LogP contribution in [0.2, 0.25) is 0 Å². The summed E-state index contributed by atoms with van der Waals surface area (Å²) in [5, 5.41) is 0. The van der Waals surface area contributed by atoms with E-state index in [2.05, 4.69) is 25.9 Å². The molecule has 0 aliphatic carbocycles. The highest BCUT2D eigenvalue weighted by Gasteiger charge is 2.04. The van der Waals surface area contributed by atoms with E-state index in [1.165, 1.54) is 0 Å². The summed E-state index contributed by atoms with van der Waals surface area (Å²) in [4.78, 5) is 7.93. The Morgan fingerprint density at radius 3 is 2.62 bits per heavy atom. The van der Waals surface area contributed by atoms with Gasteiger partial charge in [0.2, 0.25) is 0 Å². The van der Waals surface area contributed by atoms with Crippen molar-refractivity contribution in [3.8, 4) is 6.01 Å². The molecular weight excluding hydrogens is 236 g/mol. The van der Waals surface area contributed by atoms with Crippen molar-refractivity contribution in [3.63, 3.8) is 0 Å². The summed E-state index contributed by atoms with van der Waals surface area (Å²) < 4.78 is 11.1. The number of methoxy groups -OCH3 is 1. The fraction of sp³-hybridized carbons (Fsp3) is 0.500. The van der Waals surface area contributed by atoms with Gasteiger partial charge in [-0.3, -0.25) is 0 Å². The van der Waals surface area contributed by atoms with Crippen molar-refractivity contribution in [2.45, 2.75) is 13.0 Å². The maximum Gasteiger partial charge on any atom is 0.316 e. The number of nitrogens with zero attached hydrogens (tertiary/aromatic N) is 2. The first-order valence-electron chi connectivity index (χ1n) is 3.85. The monoisotopic (exact) mass is 246 g/mol.